The zero-order chi connectivity index (χ0) is 19.3. The molecule has 0 fully saturated rings. The molecule has 0 unspecified atom stereocenters. The van der Waals surface area contributed by atoms with Gasteiger partial charge in [-0.05, 0) is 49.7 Å². The van der Waals surface area contributed by atoms with Crippen LogP contribution in [0.1, 0.15) is 25.1 Å². The third-order valence-corrected chi connectivity index (χ3v) is 5.44. The predicted molar refractivity (Wildman–Crippen MR) is 101 cm³/mol. The molecule has 1 aromatic heterocycles. The first kappa shape index (κ1) is 18.9. The number of hydrogen-bond acceptors (Lipinski definition) is 5. The van der Waals surface area contributed by atoms with Gasteiger partial charge < -0.3 is 4.74 Å². The van der Waals surface area contributed by atoms with Crippen LogP contribution in [-0.2, 0) is 19.4 Å². The van der Waals surface area contributed by atoms with E-state index in [9.17, 15) is 13.2 Å². The number of halogens is 2. The molecule has 0 atom stereocenters. The van der Waals surface area contributed by atoms with Gasteiger partial charge >= 0.3 is 0 Å². The van der Waals surface area contributed by atoms with Gasteiger partial charge in [0.05, 0.1) is 10.5 Å². The van der Waals surface area contributed by atoms with Gasteiger partial charge in [0.25, 0.3) is 0 Å². The maximum absolute atomic E-state index is 12.9. The molecule has 0 N–H and O–H groups in total. The lowest BCUT2D eigenvalue weighted by Gasteiger charge is -2.17. The number of Topliss-reactive ketones (excluding diaryl/α,β-unsaturated/α-hetero) is 1. The van der Waals surface area contributed by atoms with Gasteiger partial charge in [-0.2, -0.15) is 0 Å². The largest absolute Gasteiger partial charge is 0.477 e. The second-order valence-electron chi connectivity index (χ2n) is 6.46. The van der Waals surface area contributed by atoms with Crippen molar-refractivity contribution in [3.8, 4) is 0 Å². The molecule has 0 saturated heterocycles. The van der Waals surface area contributed by atoms with Gasteiger partial charge in [0.15, 0.2) is 21.2 Å². The first-order chi connectivity index (χ1) is 12.0. The summed E-state index contributed by atoms with van der Waals surface area (Å²) in [6.07, 6.45) is 2.33. The van der Waals surface area contributed by atoms with Crippen molar-refractivity contribution < 1.29 is 17.9 Å². The summed E-state index contributed by atoms with van der Waals surface area (Å²) in [6, 6.07) is 7.74. The number of ether oxygens (including phenoxy) is 1. The Hall–Kier alpha value is -1.89. The lowest BCUT2D eigenvalue weighted by molar-refractivity contribution is -0.125. The molecule has 0 radical (unpaired) electrons. The Balaban J connectivity index is 2.20. The lowest BCUT2D eigenvalue weighted by Crippen LogP contribution is -2.29. The summed E-state index contributed by atoms with van der Waals surface area (Å²) in [5.41, 5.74) is 0.0832. The molecule has 8 heteroatoms. The molecular weight excluding hydrogens is 397 g/mol. The molecule has 0 aliphatic carbocycles. The fourth-order valence-electron chi connectivity index (χ4n) is 2.63. The predicted octanol–water partition coefficient (Wildman–Crippen LogP) is 4.04. The monoisotopic (exact) mass is 411 g/mol. The van der Waals surface area contributed by atoms with Crippen molar-refractivity contribution in [1.82, 2.24) is 4.98 Å². The summed E-state index contributed by atoms with van der Waals surface area (Å²) in [5.74, 6) is 0.0261. The van der Waals surface area contributed by atoms with E-state index in [2.05, 4.69) is 4.98 Å². The van der Waals surface area contributed by atoms with Crippen molar-refractivity contribution in [3.05, 3.63) is 57.8 Å². The average Bonchev–Trinajstić information content (AvgIpc) is 2.76. The standard InChI is InChI=1S/C18H15Cl2NO4S/c1-18(2)17(22)15(10-6-11(19)8-12(20)7-10)16(25-18)14-5-4-13(9-21-14)26(3,23)24/h4-9H,1-3H3. The van der Waals surface area contributed by atoms with E-state index >= 15 is 0 Å². The number of ketones is 1. The van der Waals surface area contributed by atoms with Crippen molar-refractivity contribution in [1.29, 1.82) is 0 Å². The summed E-state index contributed by atoms with van der Waals surface area (Å²) in [5, 5.41) is 0.773. The van der Waals surface area contributed by atoms with Crippen molar-refractivity contribution in [2.24, 2.45) is 0 Å². The van der Waals surface area contributed by atoms with E-state index in [4.69, 9.17) is 27.9 Å². The molecule has 2 heterocycles. The number of nitrogens with zero attached hydrogens (tertiary/aromatic N) is 1. The highest BCUT2D eigenvalue weighted by atomic mass is 35.5. The number of pyridine rings is 1. The van der Waals surface area contributed by atoms with E-state index in [0.717, 1.165) is 6.26 Å². The van der Waals surface area contributed by atoms with Crippen LogP contribution in [-0.4, -0.2) is 31.0 Å². The van der Waals surface area contributed by atoms with Crippen molar-refractivity contribution >= 4 is 50.2 Å². The molecule has 136 valence electrons. The Morgan fingerprint density at radius 2 is 1.69 bits per heavy atom. The third kappa shape index (κ3) is 3.49. The summed E-state index contributed by atoms with van der Waals surface area (Å²) in [6.45, 7) is 3.30. The van der Waals surface area contributed by atoms with Crippen molar-refractivity contribution in [2.75, 3.05) is 6.26 Å². The molecule has 0 bridgehead atoms. The van der Waals surface area contributed by atoms with Crippen LogP contribution in [0.5, 0.6) is 0 Å². The Labute approximate surface area is 161 Å². The Morgan fingerprint density at radius 1 is 1.08 bits per heavy atom. The molecule has 2 aromatic rings. The van der Waals surface area contributed by atoms with Crippen LogP contribution in [0, 0.1) is 0 Å². The smallest absolute Gasteiger partial charge is 0.210 e. The lowest BCUT2D eigenvalue weighted by atomic mass is 9.93. The minimum atomic E-state index is -3.37. The summed E-state index contributed by atoms with van der Waals surface area (Å²) < 4.78 is 29.1. The van der Waals surface area contributed by atoms with Crippen LogP contribution in [0.2, 0.25) is 10.0 Å². The van der Waals surface area contributed by atoms with Gasteiger partial charge in [-0.1, -0.05) is 23.2 Å². The van der Waals surface area contributed by atoms with E-state index in [1.807, 2.05) is 0 Å². The summed E-state index contributed by atoms with van der Waals surface area (Å²) in [4.78, 5) is 17.1. The number of rotatable bonds is 3. The van der Waals surface area contributed by atoms with Crippen LogP contribution in [0.25, 0.3) is 11.3 Å². The Kier molecular flexibility index (Phi) is 4.63. The highest BCUT2D eigenvalue weighted by Crippen LogP contribution is 2.41. The summed E-state index contributed by atoms with van der Waals surface area (Å²) >= 11 is 12.1. The van der Waals surface area contributed by atoms with Crippen LogP contribution in [0.15, 0.2) is 41.4 Å². The molecule has 3 rings (SSSR count). The molecule has 5 nitrogen and oxygen atoms in total. The van der Waals surface area contributed by atoms with E-state index in [-0.39, 0.29) is 16.4 Å². The number of sulfone groups is 1. The molecule has 0 spiro atoms. The summed E-state index contributed by atoms with van der Waals surface area (Å²) in [7, 11) is -3.37. The number of carbonyl (C=O) groups is 1. The van der Waals surface area contributed by atoms with Gasteiger partial charge in [-0.25, -0.2) is 8.42 Å². The van der Waals surface area contributed by atoms with Gasteiger partial charge in [0.1, 0.15) is 5.69 Å². The van der Waals surface area contributed by atoms with Crippen LogP contribution in [0.3, 0.4) is 0 Å². The minimum absolute atomic E-state index is 0.0813. The number of carbonyl (C=O) groups excluding carboxylic acids is 1. The van der Waals surface area contributed by atoms with E-state index in [1.165, 1.54) is 18.3 Å². The average molecular weight is 412 g/mol. The maximum atomic E-state index is 12.9. The molecule has 1 aliphatic rings. The Morgan fingerprint density at radius 3 is 2.19 bits per heavy atom. The Bertz CT molecular complexity index is 1020. The first-order valence-electron chi connectivity index (χ1n) is 7.60. The van der Waals surface area contributed by atoms with E-state index < -0.39 is 15.4 Å². The molecule has 1 aromatic carbocycles. The van der Waals surface area contributed by atoms with Gasteiger partial charge in [-0.3, -0.25) is 9.78 Å². The van der Waals surface area contributed by atoms with Crippen LogP contribution >= 0.6 is 23.2 Å². The topological polar surface area (TPSA) is 73.3 Å². The van der Waals surface area contributed by atoms with Gasteiger partial charge in [-0.15, -0.1) is 0 Å². The molecular formula is C18H15Cl2NO4S. The number of benzene rings is 1. The number of hydrogen-bond donors (Lipinski definition) is 0. The normalized spacial score (nSPS) is 16.7. The zero-order valence-corrected chi connectivity index (χ0v) is 16.5. The minimum Gasteiger partial charge on any atom is -0.477 e. The van der Waals surface area contributed by atoms with Crippen molar-refractivity contribution in [2.45, 2.75) is 24.3 Å². The van der Waals surface area contributed by atoms with E-state index in [0.29, 0.717) is 26.9 Å². The SMILES string of the molecule is CC1(C)OC(c2ccc(S(C)(=O)=O)cn2)=C(c2cc(Cl)cc(Cl)c2)C1=O. The molecule has 1 aliphatic heterocycles. The molecule has 0 saturated carbocycles. The van der Waals surface area contributed by atoms with Crippen LogP contribution in [0.4, 0.5) is 0 Å². The second kappa shape index (κ2) is 6.37. The molecule has 0 amide bonds. The zero-order valence-electron chi connectivity index (χ0n) is 14.2. The molecule has 26 heavy (non-hydrogen) atoms. The van der Waals surface area contributed by atoms with E-state index in [1.54, 1.807) is 32.0 Å². The third-order valence-electron chi connectivity index (χ3n) is 3.91. The van der Waals surface area contributed by atoms with Crippen molar-refractivity contribution in [3.63, 3.8) is 0 Å². The quantitative estimate of drug-likeness (QED) is 0.761. The first-order valence-corrected chi connectivity index (χ1v) is 10.2. The maximum Gasteiger partial charge on any atom is 0.210 e. The highest BCUT2D eigenvalue weighted by molar-refractivity contribution is 7.90. The fraction of sp³-hybridized carbons (Fsp3) is 0.222. The van der Waals surface area contributed by atoms with Crippen LogP contribution < -0.4 is 0 Å². The van der Waals surface area contributed by atoms with Gasteiger partial charge in [0, 0.05) is 22.5 Å². The second-order valence-corrected chi connectivity index (χ2v) is 9.34. The highest BCUT2D eigenvalue weighted by Gasteiger charge is 2.43. The fourth-order valence-corrected chi connectivity index (χ4v) is 3.72. The van der Waals surface area contributed by atoms with Gasteiger partial charge in [0.2, 0.25) is 5.78 Å². The number of aromatic nitrogens is 1.